The van der Waals surface area contributed by atoms with Crippen molar-refractivity contribution >= 4 is 50.7 Å². The summed E-state index contributed by atoms with van der Waals surface area (Å²) in [5, 5.41) is 12.8. The topological polar surface area (TPSA) is 63.1 Å². The number of carbonyl (C=O) groups is 1. The van der Waals surface area contributed by atoms with Crippen LogP contribution in [0, 0.1) is 62.3 Å². The van der Waals surface area contributed by atoms with Crippen molar-refractivity contribution in [2.75, 3.05) is 0 Å². The molecule has 7 heteroatoms. The monoisotopic (exact) mass is 878 g/mol. The minimum absolute atomic E-state index is 0. The molecule has 2 aromatic carbocycles. The van der Waals surface area contributed by atoms with Crippen LogP contribution < -0.4 is 4.50 Å². The largest absolute Gasteiger partial charge is 0.512 e. The summed E-state index contributed by atoms with van der Waals surface area (Å²) < 4.78 is 2.72. The normalized spacial score (nSPS) is 12.7. The van der Waals surface area contributed by atoms with Crippen LogP contribution in [0.1, 0.15) is 97.4 Å². The second-order valence-electron chi connectivity index (χ2n) is 16.5. The van der Waals surface area contributed by atoms with E-state index in [1.807, 2.05) is 11.3 Å². The number of aliphatic hydroxyl groups excluding tert-OH is 1. The molecule has 0 bridgehead atoms. The Morgan fingerprint density at radius 1 is 0.816 bits per heavy atom. The van der Waals surface area contributed by atoms with Gasteiger partial charge in [0.1, 0.15) is 6.33 Å². The van der Waals surface area contributed by atoms with Gasteiger partial charge in [0.05, 0.1) is 19.3 Å². The maximum atomic E-state index is 12.3. The van der Waals surface area contributed by atoms with Crippen LogP contribution in [-0.4, -0.2) is 28.9 Å². The van der Waals surface area contributed by atoms with Gasteiger partial charge in [-0.25, -0.2) is 4.98 Å². The molecule has 49 heavy (non-hydrogen) atoms. The Kier molecular flexibility index (Phi) is 15.2. The molecule has 0 unspecified atom stereocenters. The molecule has 0 aliphatic rings. The molecule has 0 saturated heterocycles. The van der Waals surface area contributed by atoms with E-state index < -0.39 is 8.07 Å². The number of carbonyl (C=O) groups excluding carboxylic acids is 1. The molecule has 271 valence electrons. The molecule has 1 N–H and O–H groups in total. The maximum Gasteiger partial charge on any atom is 0.162 e. The van der Waals surface area contributed by atoms with Crippen molar-refractivity contribution in [1.29, 1.82) is 0 Å². The van der Waals surface area contributed by atoms with Crippen LogP contribution in [0.3, 0.4) is 0 Å². The summed E-state index contributed by atoms with van der Waals surface area (Å²) in [7, 11) is -1.43. The average Bonchev–Trinajstić information content (AvgIpc) is 3.29. The van der Waals surface area contributed by atoms with Gasteiger partial charge in [0.25, 0.3) is 0 Å². The van der Waals surface area contributed by atoms with Crippen LogP contribution in [0.2, 0.25) is 19.6 Å². The molecular weight excluding hydrogens is 817 g/mol. The van der Waals surface area contributed by atoms with Crippen molar-refractivity contribution in [3.8, 4) is 11.3 Å². The van der Waals surface area contributed by atoms with Gasteiger partial charge in [-0.05, 0) is 60.4 Å². The molecule has 0 spiro atoms. The number of aromatic nitrogens is 2. The molecule has 0 aliphatic heterocycles. The van der Waals surface area contributed by atoms with Gasteiger partial charge in [-0.3, -0.25) is 9.78 Å². The third-order valence-electron chi connectivity index (χ3n) is 9.61. The Hall–Kier alpha value is -2.18. The molecule has 0 saturated carbocycles. The fourth-order valence-corrected chi connectivity index (χ4v) is 11.1. The van der Waals surface area contributed by atoms with E-state index >= 15 is 0 Å². The SMILES string of the molecule is CC(C)C(C(=O)/C=C(\O)C(C(C)C)C(C)C)C(C)C.Cc1cc2[c-]c(-c3ncnc4c(C)c([Si](C)(C)C)sc34)cc(C(C)C)c2cc1C.[Ir]. The van der Waals surface area contributed by atoms with Gasteiger partial charge in [0, 0.05) is 48.4 Å². The zero-order chi connectivity index (χ0) is 36.4. The number of aliphatic hydroxyl groups is 1. The average molecular weight is 878 g/mol. The van der Waals surface area contributed by atoms with Gasteiger partial charge in [-0.1, -0.05) is 117 Å². The van der Waals surface area contributed by atoms with Gasteiger partial charge in [-0.15, -0.1) is 40.5 Å². The van der Waals surface area contributed by atoms with Crippen molar-refractivity contribution in [3.05, 3.63) is 64.7 Å². The molecule has 2 aromatic heterocycles. The van der Waals surface area contributed by atoms with Crippen LogP contribution >= 0.6 is 11.3 Å². The Bertz CT molecular complexity index is 1760. The standard InChI is InChI=1S/C25H29N2SSi.C17H32O2.Ir/c1-14(2)20-12-19(11-18-9-15(3)16(4)10-21(18)20)23-24-22(26-13-27-23)17(5)25(28-24)29(6,7)8;1-10(2)16(11(3)4)14(18)9-15(19)17(12(5)6)13(7)8;/h9-10,12-14H,1-8H3;9-13,16-18H,1-8H3;/q-1;;/b;14-9-;. The second kappa shape index (κ2) is 17.4. The quantitative estimate of drug-likeness (QED) is 0.0746. The molecule has 1 radical (unpaired) electrons. The van der Waals surface area contributed by atoms with E-state index in [2.05, 4.69) is 139 Å². The smallest absolute Gasteiger partial charge is 0.162 e. The molecule has 4 nitrogen and oxygen atoms in total. The maximum absolute atomic E-state index is 12.3. The molecule has 0 amide bonds. The zero-order valence-electron chi connectivity index (χ0n) is 32.9. The number of hydrogen-bond donors (Lipinski definition) is 1. The number of rotatable bonds is 10. The fraction of sp³-hybridized carbons (Fsp3) is 0.548. The Balaban J connectivity index is 0.000000367. The summed E-state index contributed by atoms with van der Waals surface area (Å²) in [6.45, 7) is 34.9. The predicted octanol–water partition coefficient (Wildman–Crippen LogP) is 11.8. The van der Waals surface area contributed by atoms with Crippen molar-refractivity contribution < 1.29 is 30.0 Å². The number of ketones is 1. The first-order chi connectivity index (χ1) is 22.2. The number of hydrogen-bond acceptors (Lipinski definition) is 5. The summed E-state index contributed by atoms with van der Waals surface area (Å²) in [5.41, 5.74) is 8.55. The van der Waals surface area contributed by atoms with Gasteiger partial charge in [0.15, 0.2) is 5.78 Å². The third kappa shape index (κ3) is 9.99. The minimum Gasteiger partial charge on any atom is -0.512 e. The predicted molar refractivity (Wildman–Crippen MR) is 213 cm³/mol. The Morgan fingerprint density at radius 3 is 1.84 bits per heavy atom. The number of thiophene rings is 1. The van der Waals surface area contributed by atoms with E-state index in [0.29, 0.717) is 29.6 Å². The van der Waals surface area contributed by atoms with Gasteiger partial charge >= 0.3 is 0 Å². The van der Waals surface area contributed by atoms with Crippen molar-refractivity contribution in [2.24, 2.45) is 35.5 Å². The van der Waals surface area contributed by atoms with Crippen molar-refractivity contribution in [2.45, 2.75) is 116 Å². The number of allylic oxidation sites excluding steroid dienone is 2. The van der Waals surface area contributed by atoms with Gasteiger partial charge < -0.3 is 5.11 Å². The van der Waals surface area contributed by atoms with Gasteiger partial charge in [-0.2, -0.15) is 0 Å². The number of fused-ring (bicyclic) bond motifs is 2. The molecule has 4 rings (SSSR count). The zero-order valence-corrected chi connectivity index (χ0v) is 37.1. The van der Waals surface area contributed by atoms with E-state index in [-0.39, 0.29) is 43.5 Å². The number of benzene rings is 2. The molecule has 0 aliphatic carbocycles. The number of aryl methyl sites for hydroxylation is 3. The molecule has 4 aromatic rings. The summed E-state index contributed by atoms with van der Waals surface area (Å²) >= 11 is 1.89. The van der Waals surface area contributed by atoms with E-state index in [1.54, 1.807) is 6.33 Å². The van der Waals surface area contributed by atoms with E-state index in [1.165, 1.54) is 48.3 Å². The van der Waals surface area contributed by atoms with Crippen LogP contribution in [0.4, 0.5) is 0 Å². The van der Waals surface area contributed by atoms with Crippen LogP contribution in [0.25, 0.3) is 32.2 Å². The molecule has 2 heterocycles. The minimum atomic E-state index is -1.43. The third-order valence-corrected chi connectivity index (χ3v) is 14.6. The number of nitrogens with zero attached hydrogens (tertiary/aromatic N) is 2. The van der Waals surface area contributed by atoms with Gasteiger partial charge in [0.2, 0.25) is 0 Å². The van der Waals surface area contributed by atoms with Crippen LogP contribution in [0.15, 0.2) is 36.4 Å². The summed E-state index contributed by atoms with van der Waals surface area (Å²) in [6, 6.07) is 10.6. The molecule has 0 atom stereocenters. The summed E-state index contributed by atoms with van der Waals surface area (Å²) in [6.07, 6.45) is 3.20. The van der Waals surface area contributed by atoms with E-state index in [9.17, 15) is 9.90 Å². The van der Waals surface area contributed by atoms with Crippen LogP contribution in [0.5, 0.6) is 0 Å². The Labute approximate surface area is 316 Å². The van der Waals surface area contributed by atoms with Crippen LogP contribution in [-0.2, 0) is 24.9 Å². The first-order valence-electron chi connectivity index (χ1n) is 17.8. The van der Waals surface area contributed by atoms with Crippen molar-refractivity contribution in [1.82, 2.24) is 9.97 Å². The summed E-state index contributed by atoms with van der Waals surface area (Å²) in [5.74, 6) is 2.07. The summed E-state index contributed by atoms with van der Waals surface area (Å²) in [4.78, 5) is 21.7. The molecule has 0 fully saturated rings. The second-order valence-corrected chi connectivity index (χ2v) is 22.9. The fourth-order valence-electron chi connectivity index (χ4n) is 7.33. The van der Waals surface area contributed by atoms with Crippen molar-refractivity contribution in [3.63, 3.8) is 0 Å². The first-order valence-corrected chi connectivity index (χ1v) is 22.1. The van der Waals surface area contributed by atoms with E-state index in [0.717, 1.165) is 16.8 Å². The molecular formula is C42H61IrN2O2SSi-. The first kappa shape index (κ1) is 43.0. The Morgan fingerprint density at radius 2 is 1.35 bits per heavy atom. The van der Waals surface area contributed by atoms with E-state index in [4.69, 9.17) is 4.98 Å².